The maximum absolute atomic E-state index is 12.0. The molecule has 2 saturated heterocycles. The normalized spacial score (nSPS) is 22.8. The van der Waals surface area contributed by atoms with Crippen LogP contribution in [-0.2, 0) is 9.59 Å². The molecule has 2 N–H and O–H groups in total. The summed E-state index contributed by atoms with van der Waals surface area (Å²) in [6.07, 6.45) is 4.72. The highest BCUT2D eigenvalue weighted by atomic mass is 16.2. The topological polar surface area (TPSA) is 66.6 Å². The lowest BCUT2D eigenvalue weighted by Crippen LogP contribution is -2.63. The predicted octanol–water partition coefficient (Wildman–Crippen LogP) is 0.342. The third-order valence-electron chi connectivity index (χ3n) is 4.53. The van der Waals surface area contributed by atoms with Crippen LogP contribution in [-0.4, -0.2) is 53.3 Å². The van der Waals surface area contributed by atoms with Crippen molar-refractivity contribution in [3.63, 3.8) is 0 Å². The molecule has 0 radical (unpaired) electrons. The molecule has 0 unspecified atom stereocenters. The molecule has 2 aliphatic heterocycles. The van der Waals surface area contributed by atoms with E-state index in [0.717, 1.165) is 25.9 Å². The minimum atomic E-state index is -0.559. The van der Waals surface area contributed by atoms with Gasteiger partial charge in [-0.1, -0.05) is 12.3 Å². The van der Waals surface area contributed by atoms with Gasteiger partial charge in [0.2, 0.25) is 5.91 Å². The Hall–Kier alpha value is -1.54. The molecule has 0 aromatic heterocycles. The van der Waals surface area contributed by atoms with E-state index in [-0.39, 0.29) is 11.8 Å². The molecule has 2 amide bonds. The molecule has 5 nitrogen and oxygen atoms in total. The molecule has 0 spiro atoms. The van der Waals surface area contributed by atoms with E-state index >= 15 is 0 Å². The number of primary amides is 1. The van der Waals surface area contributed by atoms with E-state index < -0.39 is 5.54 Å². The number of piperidine rings is 2. The van der Waals surface area contributed by atoms with Crippen molar-refractivity contribution in [3.05, 3.63) is 0 Å². The standard InChI is InChI=1S/C15H23N3O2/c1-2-6-13(19)17-11-7-15(8-12-17,14(16)20)18-9-4-3-5-10-18/h3-5,7-12H2,1H3,(H2,16,20). The lowest BCUT2D eigenvalue weighted by Gasteiger charge is -2.47. The molecule has 2 rings (SSSR count). The third kappa shape index (κ3) is 2.80. The number of hydrogen-bond donors (Lipinski definition) is 1. The maximum atomic E-state index is 12.0. The van der Waals surface area contributed by atoms with Crippen molar-refractivity contribution in [1.82, 2.24) is 9.80 Å². The number of carbonyl (C=O) groups excluding carboxylic acids is 2. The van der Waals surface area contributed by atoms with Gasteiger partial charge in [-0.05, 0) is 51.6 Å². The SMILES string of the molecule is CC#CC(=O)N1CCC(C(N)=O)(N2CCCCC2)CC1. The highest BCUT2D eigenvalue weighted by Crippen LogP contribution is 2.31. The number of likely N-dealkylation sites (tertiary alicyclic amines) is 2. The van der Waals surface area contributed by atoms with Crippen molar-refractivity contribution in [2.24, 2.45) is 5.73 Å². The summed E-state index contributed by atoms with van der Waals surface area (Å²) >= 11 is 0. The number of amides is 2. The first-order valence-electron chi connectivity index (χ1n) is 7.37. The Kier molecular flexibility index (Phi) is 4.66. The Morgan fingerprint density at radius 1 is 1.05 bits per heavy atom. The number of hydrogen-bond acceptors (Lipinski definition) is 3. The van der Waals surface area contributed by atoms with Crippen molar-refractivity contribution in [1.29, 1.82) is 0 Å². The molecule has 2 aliphatic rings. The Labute approximate surface area is 120 Å². The third-order valence-corrected chi connectivity index (χ3v) is 4.53. The van der Waals surface area contributed by atoms with Gasteiger partial charge in [0.05, 0.1) is 0 Å². The van der Waals surface area contributed by atoms with E-state index in [1.54, 1.807) is 11.8 Å². The van der Waals surface area contributed by atoms with E-state index in [2.05, 4.69) is 16.7 Å². The van der Waals surface area contributed by atoms with E-state index in [4.69, 9.17) is 5.73 Å². The molecule has 0 aliphatic carbocycles. The van der Waals surface area contributed by atoms with Gasteiger partial charge in [0, 0.05) is 13.1 Å². The predicted molar refractivity (Wildman–Crippen MR) is 76.6 cm³/mol. The minimum absolute atomic E-state index is 0.149. The molecule has 0 bridgehead atoms. The second-order valence-corrected chi connectivity index (χ2v) is 5.61. The Balaban J connectivity index is 2.07. The van der Waals surface area contributed by atoms with Crippen LogP contribution in [0.4, 0.5) is 0 Å². The molecule has 0 aromatic carbocycles. The first-order valence-corrected chi connectivity index (χ1v) is 7.37. The Morgan fingerprint density at radius 2 is 1.65 bits per heavy atom. The number of rotatable bonds is 2. The van der Waals surface area contributed by atoms with Crippen LogP contribution in [0.15, 0.2) is 0 Å². The number of nitrogens with two attached hydrogens (primary N) is 1. The smallest absolute Gasteiger partial charge is 0.298 e. The van der Waals surface area contributed by atoms with Gasteiger partial charge < -0.3 is 10.6 Å². The summed E-state index contributed by atoms with van der Waals surface area (Å²) < 4.78 is 0. The van der Waals surface area contributed by atoms with Crippen LogP contribution in [0, 0.1) is 11.8 Å². The fourth-order valence-corrected chi connectivity index (χ4v) is 3.31. The van der Waals surface area contributed by atoms with Crippen LogP contribution in [0.5, 0.6) is 0 Å². The molecule has 0 atom stereocenters. The first kappa shape index (κ1) is 14.9. The highest BCUT2D eigenvalue weighted by Gasteiger charge is 2.45. The number of nitrogens with zero attached hydrogens (tertiary/aromatic N) is 2. The van der Waals surface area contributed by atoms with E-state index in [1.807, 2.05) is 0 Å². The average molecular weight is 277 g/mol. The van der Waals surface area contributed by atoms with Crippen molar-refractivity contribution in [3.8, 4) is 11.8 Å². The molecule has 5 heteroatoms. The van der Waals surface area contributed by atoms with Crippen LogP contribution < -0.4 is 5.73 Å². The van der Waals surface area contributed by atoms with Gasteiger partial charge in [-0.25, -0.2) is 0 Å². The fourth-order valence-electron chi connectivity index (χ4n) is 3.31. The molecule has 2 fully saturated rings. The van der Waals surface area contributed by atoms with Crippen LogP contribution in [0.1, 0.15) is 39.0 Å². The van der Waals surface area contributed by atoms with Crippen LogP contribution in [0.25, 0.3) is 0 Å². The van der Waals surface area contributed by atoms with E-state index in [9.17, 15) is 9.59 Å². The van der Waals surface area contributed by atoms with Crippen LogP contribution >= 0.6 is 0 Å². The zero-order valence-corrected chi connectivity index (χ0v) is 12.2. The second kappa shape index (κ2) is 6.27. The van der Waals surface area contributed by atoms with Crippen molar-refractivity contribution < 1.29 is 9.59 Å². The first-order chi connectivity index (χ1) is 9.60. The van der Waals surface area contributed by atoms with Crippen LogP contribution in [0.2, 0.25) is 0 Å². The van der Waals surface area contributed by atoms with Gasteiger partial charge >= 0.3 is 0 Å². The quantitative estimate of drug-likeness (QED) is 0.740. The van der Waals surface area contributed by atoms with Gasteiger partial charge in [0.1, 0.15) is 5.54 Å². The molecule has 20 heavy (non-hydrogen) atoms. The zero-order valence-electron chi connectivity index (χ0n) is 12.2. The van der Waals surface area contributed by atoms with Crippen molar-refractivity contribution in [2.45, 2.75) is 44.6 Å². The molecular weight excluding hydrogens is 254 g/mol. The van der Waals surface area contributed by atoms with Crippen LogP contribution in [0.3, 0.4) is 0 Å². The lowest BCUT2D eigenvalue weighted by molar-refractivity contribution is -0.139. The van der Waals surface area contributed by atoms with E-state index in [1.165, 1.54) is 6.42 Å². The second-order valence-electron chi connectivity index (χ2n) is 5.61. The van der Waals surface area contributed by atoms with Crippen molar-refractivity contribution >= 4 is 11.8 Å². The summed E-state index contributed by atoms with van der Waals surface area (Å²) in [6.45, 7) is 4.65. The summed E-state index contributed by atoms with van der Waals surface area (Å²) in [6, 6.07) is 0. The summed E-state index contributed by atoms with van der Waals surface area (Å²) in [7, 11) is 0. The fraction of sp³-hybridized carbons (Fsp3) is 0.733. The largest absolute Gasteiger partial charge is 0.368 e. The monoisotopic (exact) mass is 277 g/mol. The molecular formula is C15H23N3O2. The summed E-state index contributed by atoms with van der Waals surface area (Å²) in [5.74, 6) is 4.80. The molecule has 110 valence electrons. The summed E-state index contributed by atoms with van der Waals surface area (Å²) in [5, 5.41) is 0. The number of carbonyl (C=O) groups is 2. The van der Waals surface area contributed by atoms with E-state index in [0.29, 0.717) is 25.9 Å². The molecule has 0 saturated carbocycles. The van der Waals surface area contributed by atoms with Crippen molar-refractivity contribution in [2.75, 3.05) is 26.2 Å². The van der Waals surface area contributed by atoms with Gasteiger partial charge in [-0.15, -0.1) is 0 Å². The van der Waals surface area contributed by atoms with Gasteiger partial charge in [0.15, 0.2) is 0 Å². The summed E-state index contributed by atoms with van der Waals surface area (Å²) in [4.78, 5) is 27.8. The Morgan fingerprint density at radius 3 is 2.15 bits per heavy atom. The van der Waals surface area contributed by atoms with Gasteiger partial charge in [-0.3, -0.25) is 14.5 Å². The minimum Gasteiger partial charge on any atom is -0.368 e. The average Bonchev–Trinajstić information content (AvgIpc) is 2.48. The summed E-state index contributed by atoms with van der Waals surface area (Å²) in [5.41, 5.74) is 5.14. The Bertz CT molecular complexity index is 436. The lowest BCUT2D eigenvalue weighted by atomic mass is 9.83. The zero-order chi connectivity index (χ0) is 14.6. The maximum Gasteiger partial charge on any atom is 0.298 e. The molecule has 2 heterocycles. The van der Waals surface area contributed by atoms with Gasteiger partial charge in [0.25, 0.3) is 5.91 Å². The van der Waals surface area contributed by atoms with Gasteiger partial charge in [-0.2, -0.15) is 0 Å². The highest BCUT2D eigenvalue weighted by molar-refractivity contribution is 5.94. The molecule has 0 aromatic rings.